The van der Waals surface area contributed by atoms with Crippen LogP contribution in [0, 0.1) is 12.7 Å². The van der Waals surface area contributed by atoms with Gasteiger partial charge in [0.05, 0.1) is 5.39 Å². The van der Waals surface area contributed by atoms with E-state index in [4.69, 9.17) is 0 Å². The number of hydrogen-bond donors (Lipinski definition) is 3. The van der Waals surface area contributed by atoms with Gasteiger partial charge in [0.15, 0.2) is 11.5 Å². The van der Waals surface area contributed by atoms with E-state index in [9.17, 15) is 9.59 Å². The quantitative estimate of drug-likeness (QED) is 0.332. The number of H-pyrrole nitrogens is 1. The number of pyridine rings is 1. The lowest BCUT2D eigenvalue weighted by Gasteiger charge is -2.15. The van der Waals surface area contributed by atoms with E-state index in [1.54, 1.807) is 29.3 Å². The second-order valence-corrected chi connectivity index (χ2v) is 9.13. The molecule has 188 valence electrons. The van der Waals surface area contributed by atoms with Gasteiger partial charge in [0.2, 0.25) is 5.91 Å². The van der Waals surface area contributed by atoms with E-state index < -0.39 is 5.82 Å². The van der Waals surface area contributed by atoms with E-state index in [1.807, 2.05) is 31.2 Å². The van der Waals surface area contributed by atoms with E-state index in [1.165, 1.54) is 12.1 Å². The Labute approximate surface area is 213 Å². The van der Waals surface area contributed by atoms with Crippen molar-refractivity contribution in [3.05, 3.63) is 89.9 Å². The number of nitrogens with one attached hydrogen (secondary N) is 3. The molecule has 1 unspecified atom stereocenters. The molecule has 2 aromatic carbocycles. The van der Waals surface area contributed by atoms with Crippen LogP contribution in [-0.2, 0) is 11.3 Å². The van der Waals surface area contributed by atoms with Crippen LogP contribution in [0.15, 0.2) is 67.4 Å². The van der Waals surface area contributed by atoms with Crippen molar-refractivity contribution < 1.29 is 14.0 Å². The van der Waals surface area contributed by atoms with Gasteiger partial charge in [-0.25, -0.2) is 9.37 Å². The fourth-order valence-corrected chi connectivity index (χ4v) is 4.54. The largest absolute Gasteiger partial charge is 0.363 e. The van der Waals surface area contributed by atoms with Crippen molar-refractivity contribution in [3.8, 4) is 11.1 Å². The summed E-state index contributed by atoms with van der Waals surface area (Å²) in [5.41, 5.74) is 3.99. The first-order valence-corrected chi connectivity index (χ1v) is 12.1. The molecule has 4 aromatic rings. The second-order valence-electron chi connectivity index (χ2n) is 9.13. The van der Waals surface area contributed by atoms with E-state index in [0.717, 1.165) is 22.9 Å². The minimum Gasteiger partial charge on any atom is -0.363 e. The van der Waals surface area contributed by atoms with Gasteiger partial charge in [-0.3, -0.25) is 14.7 Å². The zero-order valence-electron chi connectivity index (χ0n) is 20.4. The fraction of sp³-hybridized carbons (Fsp3) is 0.214. The maximum Gasteiger partial charge on any atom is 0.251 e. The summed E-state index contributed by atoms with van der Waals surface area (Å²) in [6, 6.07) is 14.0. The van der Waals surface area contributed by atoms with Gasteiger partial charge in [-0.1, -0.05) is 36.4 Å². The topological polar surface area (TPSA) is 103 Å². The summed E-state index contributed by atoms with van der Waals surface area (Å²) in [6.45, 7) is 6.77. The number of carbonyl (C=O) groups excluding carboxylic acids is 2. The van der Waals surface area contributed by atoms with Crippen molar-refractivity contribution in [2.24, 2.45) is 0 Å². The van der Waals surface area contributed by atoms with Crippen molar-refractivity contribution in [1.29, 1.82) is 0 Å². The summed E-state index contributed by atoms with van der Waals surface area (Å²) in [6.07, 6.45) is 3.74. The first kappa shape index (κ1) is 24.2. The van der Waals surface area contributed by atoms with Crippen LogP contribution >= 0.6 is 0 Å². The fourth-order valence-electron chi connectivity index (χ4n) is 4.54. The average Bonchev–Trinajstić information content (AvgIpc) is 3.55. The summed E-state index contributed by atoms with van der Waals surface area (Å²) in [7, 11) is 0. The lowest BCUT2D eigenvalue weighted by molar-refractivity contribution is -0.125. The van der Waals surface area contributed by atoms with Crippen molar-refractivity contribution >= 4 is 28.7 Å². The molecule has 0 saturated carbocycles. The third-order valence-electron chi connectivity index (χ3n) is 6.59. The predicted molar refractivity (Wildman–Crippen MR) is 140 cm³/mol. The number of hydrogen-bond acceptors (Lipinski definition) is 5. The molecule has 2 aromatic heterocycles. The normalized spacial score (nSPS) is 15.1. The van der Waals surface area contributed by atoms with Gasteiger partial charge in [0, 0.05) is 43.0 Å². The van der Waals surface area contributed by atoms with Gasteiger partial charge in [-0.15, -0.1) is 0 Å². The minimum atomic E-state index is -0.418. The van der Waals surface area contributed by atoms with Gasteiger partial charge in [-0.05, 0) is 54.8 Å². The van der Waals surface area contributed by atoms with Crippen LogP contribution in [0.5, 0.6) is 0 Å². The number of benzene rings is 2. The molecule has 1 atom stereocenters. The Bertz CT molecular complexity index is 1480. The molecule has 3 N–H and O–H groups in total. The summed E-state index contributed by atoms with van der Waals surface area (Å²) < 4.78 is 15.1. The minimum absolute atomic E-state index is 0.0275. The lowest BCUT2D eigenvalue weighted by atomic mass is 10.0. The number of fused-ring (bicyclic) bond motifs is 1. The molecular weight excluding hydrogens is 471 g/mol. The summed E-state index contributed by atoms with van der Waals surface area (Å²) in [5, 5.41) is 14.3. The Kier molecular flexibility index (Phi) is 6.68. The number of amides is 2. The maximum atomic E-state index is 15.1. The van der Waals surface area contributed by atoms with Gasteiger partial charge in [0.25, 0.3) is 5.91 Å². The molecule has 5 rings (SSSR count). The smallest absolute Gasteiger partial charge is 0.251 e. The first-order chi connectivity index (χ1) is 17.9. The number of anilines is 1. The maximum absolute atomic E-state index is 15.1. The molecular formula is C28H27FN6O2. The third-order valence-corrected chi connectivity index (χ3v) is 6.59. The Morgan fingerprint density at radius 2 is 2.03 bits per heavy atom. The van der Waals surface area contributed by atoms with Gasteiger partial charge >= 0.3 is 0 Å². The van der Waals surface area contributed by atoms with Crippen molar-refractivity contribution in [2.45, 2.75) is 25.9 Å². The standard InChI is InChI=1S/C28H27FN6O2/c1-3-24(36)35-13-11-21(16-35)32-27-25-22(10-12-30-26(25)33-34-27)19-8-9-20(23(29)14-19)15-31-28(37)18-6-4-17(2)5-7-18/h3-10,12,14,21H,1,11,13,15-16H2,2H3,(H,31,37)(H2,30,32,33,34). The number of nitrogens with zero attached hydrogens (tertiary/aromatic N) is 3. The Balaban J connectivity index is 1.34. The highest BCUT2D eigenvalue weighted by Crippen LogP contribution is 2.33. The summed E-state index contributed by atoms with van der Waals surface area (Å²) >= 11 is 0. The summed E-state index contributed by atoms with van der Waals surface area (Å²) in [4.78, 5) is 30.5. The molecule has 1 aliphatic rings. The zero-order chi connectivity index (χ0) is 25.9. The highest BCUT2D eigenvalue weighted by Gasteiger charge is 2.26. The highest BCUT2D eigenvalue weighted by atomic mass is 19.1. The number of likely N-dealkylation sites (tertiary alicyclic amines) is 1. The van der Waals surface area contributed by atoms with Crippen LogP contribution in [0.25, 0.3) is 22.2 Å². The number of aryl methyl sites for hydroxylation is 1. The molecule has 37 heavy (non-hydrogen) atoms. The Morgan fingerprint density at radius 1 is 1.22 bits per heavy atom. The summed E-state index contributed by atoms with van der Waals surface area (Å²) in [5.74, 6) is -0.164. The van der Waals surface area contributed by atoms with Crippen molar-refractivity contribution in [3.63, 3.8) is 0 Å². The molecule has 8 nitrogen and oxygen atoms in total. The van der Waals surface area contributed by atoms with Gasteiger partial charge < -0.3 is 15.5 Å². The molecule has 0 bridgehead atoms. The van der Waals surface area contributed by atoms with Crippen LogP contribution < -0.4 is 10.6 Å². The van der Waals surface area contributed by atoms with E-state index >= 15 is 4.39 Å². The van der Waals surface area contributed by atoms with Crippen LogP contribution in [0.4, 0.5) is 10.2 Å². The van der Waals surface area contributed by atoms with E-state index in [0.29, 0.717) is 41.2 Å². The molecule has 1 saturated heterocycles. The van der Waals surface area contributed by atoms with Gasteiger partial charge in [-0.2, -0.15) is 5.10 Å². The lowest BCUT2D eigenvalue weighted by Crippen LogP contribution is -2.30. The molecule has 0 aliphatic carbocycles. The second kappa shape index (κ2) is 10.2. The van der Waals surface area contributed by atoms with Crippen LogP contribution in [0.3, 0.4) is 0 Å². The molecule has 9 heteroatoms. The van der Waals surface area contributed by atoms with Crippen LogP contribution in [0.2, 0.25) is 0 Å². The molecule has 1 aliphatic heterocycles. The zero-order valence-corrected chi connectivity index (χ0v) is 20.4. The molecule has 2 amide bonds. The first-order valence-electron chi connectivity index (χ1n) is 12.1. The molecule has 0 radical (unpaired) electrons. The van der Waals surface area contributed by atoms with Crippen molar-refractivity contribution in [1.82, 2.24) is 25.4 Å². The average molecular weight is 499 g/mol. The van der Waals surface area contributed by atoms with E-state index in [-0.39, 0.29) is 24.4 Å². The Morgan fingerprint density at radius 3 is 2.78 bits per heavy atom. The predicted octanol–water partition coefficient (Wildman–Crippen LogP) is 4.20. The monoisotopic (exact) mass is 498 g/mol. The van der Waals surface area contributed by atoms with Gasteiger partial charge in [0.1, 0.15) is 5.82 Å². The van der Waals surface area contributed by atoms with E-state index in [2.05, 4.69) is 32.4 Å². The molecule has 1 fully saturated rings. The molecule has 0 spiro atoms. The number of rotatable bonds is 7. The third kappa shape index (κ3) is 5.06. The number of carbonyl (C=O) groups is 2. The number of aromatic amines is 1. The van der Waals surface area contributed by atoms with Crippen molar-refractivity contribution in [2.75, 3.05) is 18.4 Å². The van der Waals surface area contributed by atoms with Crippen LogP contribution in [0.1, 0.15) is 27.9 Å². The number of aromatic nitrogens is 3. The Hall–Kier alpha value is -4.53. The SMILES string of the molecule is C=CC(=O)N1CCC(Nc2n[nH]c3nccc(-c4ccc(CNC(=O)c5ccc(C)cc5)c(F)c4)c23)C1. The van der Waals surface area contributed by atoms with Crippen LogP contribution in [-0.4, -0.2) is 51.0 Å². The number of halogens is 1. The highest BCUT2D eigenvalue weighted by molar-refractivity contribution is 6.00. The molecule has 3 heterocycles.